The molecule has 0 bridgehead atoms. The minimum Gasteiger partial charge on any atom is -0.492 e. The summed E-state index contributed by atoms with van der Waals surface area (Å²) in [5.74, 6) is 0.722. The predicted octanol–water partition coefficient (Wildman–Crippen LogP) is 1.43. The Morgan fingerprint density at radius 1 is 1.44 bits per heavy atom. The zero-order chi connectivity index (χ0) is 17.7. The van der Waals surface area contributed by atoms with Crippen molar-refractivity contribution in [3.8, 4) is 5.75 Å². The molecule has 0 radical (unpaired) electrons. The van der Waals surface area contributed by atoms with Gasteiger partial charge in [-0.05, 0) is 50.9 Å². The number of hydrogen-bond acceptors (Lipinski definition) is 5. The van der Waals surface area contributed by atoms with Crippen LogP contribution in [0.4, 0.5) is 0 Å². The van der Waals surface area contributed by atoms with Crippen LogP contribution in [0.15, 0.2) is 24.3 Å². The van der Waals surface area contributed by atoms with Crippen LogP contribution < -0.4 is 10.1 Å². The summed E-state index contributed by atoms with van der Waals surface area (Å²) in [4.78, 5) is 14.6. The molecule has 2 aliphatic heterocycles. The fourth-order valence-electron chi connectivity index (χ4n) is 3.65. The van der Waals surface area contributed by atoms with Gasteiger partial charge in [-0.3, -0.25) is 4.79 Å². The van der Waals surface area contributed by atoms with E-state index in [1.165, 1.54) is 0 Å². The molecule has 6 nitrogen and oxygen atoms in total. The standard InChI is InChI=1S/C19H28N2O4/c1-20-9-13-24-16-5-2-4-15(14-16)18(23)21-10-7-19(8-11-21)17(22)6-3-12-25-19/h2,4-5,14,17,20,22H,3,6-13H2,1H3/t17-/m1/s1. The van der Waals surface area contributed by atoms with E-state index in [9.17, 15) is 9.90 Å². The fraction of sp³-hybridized carbons (Fsp3) is 0.632. The summed E-state index contributed by atoms with van der Waals surface area (Å²) in [5, 5.41) is 13.3. The maximum atomic E-state index is 12.8. The molecule has 6 heteroatoms. The van der Waals surface area contributed by atoms with Gasteiger partial charge < -0.3 is 24.8 Å². The molecule has 2 aliphatic rings. The first-order chi connectivity index (χ1) is 12.1. The smallest absolute Gasteiger partial charge is 0.253 e. The van der Waals surface area contributed by atoms with E-state index in [0.717, 1.165) is 19.4 Å². The Balaban J connectivity index is 1.60. The average Bonchev–Trinajstić information content (AvgIpc) is 2.65. The van der Waals surface area contributed by atoms with Crippen molar-refractivity contribution in [3.63, 3.8) is 0 Å². The Bertz CT molecular complexity index is 585. The highest BCUT2D eigenvalue weighted by Gasteiger charge is 2.44. The first-order valence-electron chi connectivity index (χ1n) is 9.13. The zero-order valence-corrected chi connectivity index (χ0v) is 14.9. The predicted molar refractivity (Wildman–Crippen MR) is 94.9 cm³/mol. The molecule has 1 aromatic carbocycles. The molecular formula is C19H28N2O4. The van der Waals surface area contributed by atoms with Crippen LogP contribution in [0, 0.1) is 0 Å². The van der Waals surface area contributed by atoms with Crippen LogP contribution in [0.2, 0.25) is 0 Å². The van der Waals surface area contributed by atoms with Crippen LogP contribution in [-0.2, 0) is 4.74 Å². The quantitative estimate of drug-likeness (QED) is 0.788. The third-order valence-corrected chi connectivity index (χ3v) is 5.22. The van der Waals surface area contributed by atoms with Crippen LogP contribution in [0.25, 0.3) is 0 Å². The van der Waals surface area contributed by atoms with E-state index in [-0.39, 0.29) is 5.91 Å². The second kappa shape index (κ2) is 8.17. The topological polar surface area (TPSA) is 71.0 Å². The van der Waals surface area contributed by atoms with Gasteiger partial charge in [0.1, 0.15) is 12.4 Å². The molecule has 0 aliphatic carbocycles. The lowest BCUT2D eigenvalue weighted by Gasteiger charge is -2.46. The summed E-state index contributed by atoms with van der Waals surface area (Å²) < 4.78 is 11.6. The molecule has 1 atom stereocenters. The number of aliphatic hydroxyl groups is 1. The summed E-state index contributed by atoms with van der Waals surface area (Å²) in [5.41, 5.74) is 0.190. The number of ether oxygens (including phenoxy) is 2. The number of nitrogens with one attached hydrogen (secondary N) is 1. The second-order valence-corrected chi connectivity index (χ2v) is 6.84. The maximum absolute atomic E-state index is 12.8. The second-order valence-electron chi connectivity index (χ2n) is 6.84. The molecule has 0 unspecified atom stereocenters. The highest BCUT2D eigenvalue weighted by molar-refractivity contribution is 5.94. The van der Waals surface area contributed by atoms with Crippen molar-refractivity contribution < 1.29 is 19.4 Å². The normalized spacial score (nSPS) is 22.8. The van der Waals surface area contributed by atoms with Crippen LogP contribution in [0.5, 0.6) is 5.75 Å². The molecule has 2 heterocycles. The summed E-state index contributed by atoms with van der Waals surface area (Å²) in [6.45, 7) is 3.25. The van der Waals surface area contributed by atoms with Gasteiger partial charge in [-0.1, -0.05) is 6.07 Å². The Morgan fingerprint density at radius 3 is 2.96 bits per heavy atom. The lowest BCUT2D eigenvalue weighted by molar-refractivity contribution is -0.174. The third-order valence-electron chi connectivity index (χ3n) is 5.22. The summed E-state index contributed by atoms with van der Waals surface area (Å²) in [6, 6.07) is 7.34. The van der Waals surface area contributed by atoms with Gasteiger partial charge >= 0.3 is 0 Å². The van der Waals surface area contributed by atoms with Gasteiger partial charge in [-0.25, -0.2) is 0 Å². The fourth-order valence-corrected chi connectivity index (χ4v) is 3.65. The Kier molecular flexibility index (Phi) is 5.93. The minimum absolute atomic E-state index is 0.0132. The van der Waals surface area contributed by atoms with Crippen molar-refractivity contribution >= 4 is 5.91 Å². The number of rotatable bonds is 5. The van der Waals surface area contributed by atoms with Crippen LogP contribution in [-0.4, -0.2) is 67.5 Å². The first-order valence-corrected chi connectivity index (χ1v) is 9.13. The van der Waals surface area contributed by atoms with E-state index in [2.05, 4.69) is 5.32 Å². The van der Waals surface area contributed by atoms with Crippen molar-refractivity contribution in [1.29, 1.82) is 0 Å². The molecule has 1 aromatic rings. The van der Waals surface area contributed by atoms with Gasteiger partial charge in [-0.15, -0.1) is 0 Å². The van der Waals surface area contributed by atoms with Gasteiger partial charge in [0.05, 0.1) is 11.7 Å². The van der Waals surface area contributed by atoms with E-state index in [1.807, 2.05) is 30.1 Å². The monoisotopic (exact) mass is 348 g/mol. The van der Waals surface area contributed by atoms with E-state index >= 15 is 0 Å². The van der Waals surface area contributed by atoms with Gasteiger partial charge in [0.15, 0.2) is 0 Å². The molecule has 0 aromatic heterocycles. The molecule has 138 valence electrons. The molecular weight excluding hydrogens is 320 g/mol. The summed E-state index contributed by atoms with van der Waals surface area (Å²) in [7, 11) is 1.87. The number of carbonyl (C=O) groups excluding carboxylic acids is 1. The number of benzene rings is 1. The number of likely N-dealkylation sites (N-methyl/N-ethyl adjacent to an activating group) is 1. The van der Waals surface area contributed by atoms with Crippen molar-refractivity contribution in [1.82, 2.24) is 10.2 Å². The lowest BCUT2D eigenvalue weighted by Crippen LogP contribution is -2.56. The number of nitrogens with zero attached hydrogens (tertiary/aromatic N) is 1. The molecule has 3 rings (SSSR count). The molecule has 0 saturated carbocycles. The summed E-state index contributed by atoms with van der Waals surface area (Å²) >= 11 is 0. The van der Waals surface area contributed by atoms with E-state index in [1.54, 1.807) is 6.07 Å². The van der Waals surface area contributed by atoms with E-state index < -0.39 is 11.7 Å². The van der Waals surface area contributed by atoms with E-state index in [0.29, 0.717) is 50.5 Å². The number of hydrogen-bond donors (Lipinski definition) is 2. The molecule has 2 N–H and O–H groups in total. The van der Waals surface area contributed by atoms with Gasteiger partial charge in [-0.2, -0.15) is 0 Å². The number of piperidine rings is 1. The molecule has 25 heavy (non-hydrogen) atoms. The Labute approximate surface area is 149 Å². The molecule has 2 fully saturated rings. The average molecular weight is 348 g/mol. The van der Waals surface area contributed by atoms with Gasteiger partial charge in [0.2, 0.25) is 0 Å². The molecule has 1 amide bonds. The van der Waals surface area contributed by atoms with Crippen LogP contribution in [0.3, 0.4) is 0 Å². The molecule has 2 saturated heterocycles. The lowest BCUT2D eigenvalue weighted by atomic mass is 9.82. The van der Waals surface area contributed by atoms with E-state index in [4.69, 9.17) is 9.47 Å². The minimum atomic E-state index is -0.451. The number of amides is 1. The zero-order valence-electron chi connectivity index (χ0n) is 14.9. The van der Waals surface area contributed by atoms with Gasteiger partial charge in [0, 0.05) is 31.8 Å². The maximum Gasteiger partial charge on any atom is 0.253 e. The Morgan fingerprint density at radius 2 is 2.24 bits per heavy atom. The third kappa shape index (κ3) is 4.14. The van der Waals surface area contributed by atoms with Crippen molar-refractivity contribution in [3.05, 3.63) is 29.8 Å². The first kappa shape index (κ1) is 18.2. The SMILES string of the molecule is CNCCOc1cccc(C(=O)N2CCC3(CC2)OCCC[C@H]3O)c1. The largest absolute Gasteiger partial charge is 0.492 e. The van der Waals surface area contributed by atoms with Crippen LogP contribution >= 0.6 is 0 Å². The summed E-state index contributed by atoms with van der Waals surface area (Å²) in [6.07, 6.45) is 2.67. The Hall–Kier alpha value is -1.63. The molecule has 1 spiro atoms. The number of likely N-dealkylation sites (tertiary alicyclic amines) is 1. The highest BCUT2D eigenvalue weighted by Crippen LogP contribution is 2.35. The number of carbonyl (C=O) groups is 1. The van der Waals surface area contributed by atoms with Crippen LogP contribution in [0.1, 0.15) is 36.0 Å². The van der Waals surface area contributed by atoms with Crippen molar-refractivity contribution in [2.75, 3.05) is 39.9 Å². The number of aliphatic hydroxyl groups excluding tert-OH is 1. The van der Waals surface area contributed by atoms with Gasteiger partial charge in [0.25, 0.3) is 5.91 Å². The highest BCUT2D eigenvalue weighted by atomic mass is 16.5. The van der Waals surface area contributed by atoms with Crippen molar-refractivity contribution in [2.45, 2.75) is 37.4 Å². The van der Waals surface area contributed by atoms with Crippen molar-refractivity contribution in [2.24, 2.45) is 0 Å².